The molecule has 0 bridgehead atoms. The highest BCUT2D eigenvalue weighted by molar-refractivity contribution is 5.74. The molecule has 0 aliphatic carbocycles. The average Bonchev–Trinajstić information content (AvgIpc) is 2.37. The van der Waals surface area contributed by atoms with E-state index in [0.717, 1.165) is 0 Å². The molecule has 19 heavy (non-hydrogen) atoms. The Labute approximate surface area is 110 Å². The molecule has 5 heteroatoms. The van der Waals surface area contributed by atoms with Gasteiger partial charge in [0.25, 0.3) is 0 Å². The topological polar surface area (TPSA) is 63.1 Å². The van der Waals surface area contributed by atoms with Gasteiger partial charge in [-0.15, -0.1) is 0 Å². The van der Waals surface area contributed by atoms with Crippen LogP contribution in [0, 0.1) is 12.7 Å². The second-order valence-corrected chi connectivity index (χ2v) is 4.32. The summed E-state index contributed by atoms with van der Waals surface area (Å²) in [5.74, 6) is -1.92. The first-order valence-electron chi connectivity index (χ1n) is 5.81. The monoisotopic (exact) mass is 260 g/mol. The van der Waals surface area contributed by atoms with E-state index in [1.807, 2.05) is 0 Å². The molecule has 4 nitrogen and oxygen atoms in total. The fraction of sp³-hybridized carbons (Fsp3) is 0.214. The SMILES string of the molecule is Cc1cc(-c2cccc(F)c2)nc(C(C)C(=O)O)n1. The Morgan fingerprint density at radius 1 is 1.32 bits per heavy atom. The molecular weight excluding hydrogens is 247 g/mol. The van der Waals surface area contributed by atoms with Crippen LogP contribution in [0.2, 0.25) is 0 Å². The maximum atomic E-state index is 13.2. The van der Waals surface area contributed by atoms with Crippen molar-refractivity contribution in [2.75, 3.05) is 0 Å². The van der Waals surface area contributed by atoms with Crippen LogP contribution >= 0.6 is 0 Å². The minimum atomic E-state index is -0.990. The van der Waals surface area contributed by atoms with E-state index in [9.17, 15) is 9.18 Å². The van der Waals surface area contributed by atoms with Crippen molar-refractivity contribution in [1.82, 2.24) is 9.97 Å². The van der Waals surface area contributed by atoms with Crippen molar-refractivity contribution >= 4 is 5.97 Å². The lowest BCUT2D eigenvalue weighted by Crippen LogP contribution is -2.12. The van der Waals surface area contributed by atoms with E-state index in [2.05, 4.69) is 9.97 Å². The van der Waals surface area contributed by atoms with Crippen molar-refractivity contribution < 1.29 is 14.3 Å². The van der Waals surface area contributed by atoms with E-state index in [4.69, 9.17) is 5.11 Å². The molecule has 0 fully saturated rings. The second-order valence-electron chi connectivity index (χ2n) is 4.32. The fourth-order valence-electron chi connectivity index (χ4n) is 1.69. The number of aromatic nitrogens is 2. The lowest BCUT2D eigenvalue weighted by atomic mass is 10.1. The summed E-state index contributed by atoms with van der Waals surface area (Å²) in [5.41, 5.74) is 1.77. The summed E-state index contributed by atoms with van der Waals surface area (Å²) in [5, 5.41) is 8.99. The summed E-state index contributed by atoms with van der Waals surface area (Å²) in [7, 11) is 0. The lowest BCUT2D eigenvalue weighted by Gasteiger charge is -2.09. The van der Waals surface area contributed by atoms with Crippen molar-refractivity contribution in [2.45, 2.75) is 19.8 Å². The van der Waals surface area contributed by atoms with Gasteiger partial charge in [0.15, 0.2) is 0 Å². The third-order valence-corrected chi connectivity index (χ3v) is 2.75. The van der Waals surface area contributed by atoms with E-state index in [-0.39, 0.29) is 11.6 Å². The molecular formula is C14H13FN2O2. The van der Waals surface area contributed by atoms with Crippen LogP contribution in [0.25, 0.3) is 11.3 Å². The van der Waals surface area contributed by atoms with Gasteiger partial charge in [0.2, 0.25) is 0 Å². The first-order chi connectivity index (χ1) is 8.97. The third-order valence-electron chi connectivity index (χ3n) is 2.75. The Morgan fingerprint density at radius 2 is 2.05 bits per heavy atom. The van der Waals surface area contributed by atoms with Gasteiger partial charge in [-0.1, -0.05) is 12.1 Å². The number of hydrogen-bond donors (Lipinski definition) is 1. The summed E-state index contributed by atoms with van der Waals surface area (Å²) < 4.78 is 13.2. The van der Waals surface area contributed by atoms with Crippen LogP contribution in [0.15, 0.2) is 30.3 Å². The van der Waals surface area contributed by atoms with Crippen LogP contribution in [0.4, 0.5) is 4.39 Å². The number of halogens is 1. The van der Waals surface area contributed by atoms with E-state index in [1.165, 1.54) is 19.1 Å². The molecule has 1 aromatic carbocycles. The molecule has 0 amide bonds. The Hall–Kier alpha value is -2.30. The summed E-state index contributed by atoms with van der Waals surface area (Å²) in [6.45, 7) is 3.27. The Morgan fingerprint density at radius 3 is 2.68 bits per heavy atom. The van der Waals surface area contributed by atoms with Gasteiger partial charge in [0, 0.05) is 11.3 Å². The van der Waals surface area contributed by atoms with Crippen molar-refractivity contribution in [3.63, 3.8) is 0 Å². The fourth-order valence-corrected chi connectivity index (χ4v) is 1.69. The zero-order valence-corrected chi connectivity index (χ0v) is 10.6. The smallest absolute Gasteiger partial charge is 0.313 e. The number of aryl methyl sites for hydroxylation is 1. The number of carbonyl (C=O) groups is 1. The van der Waals surface area contributed by atoms with Crippen LogP contribution in [-0.4, -0.2) is 21.0 Å². The minimum absolute atomic E-state index is 0.228. The van der Waals surface area contributed by atoms with E-state index in [0.29, 0.717) is 17.0 Å². The summed E-state index contributed by atoms with van der Waals surface area (Å²) in [4.78, 5) is 19.3. The highest BCUT2D eigenvalue weighted by Gasteiger charge is 2.18. The molecule has 1 aromatic heterocycles. The minimum Gasteiger partial charge on any atom is -0.481 e. The molecule has 0 aliphatic heterocycles. The highest BCUT2D eigenvalue weighted by atomic mass is 19.1. The molecule has 1 atom stereocenters. The van der Waals surface area contributed by atoms with Gasteiger partial charge in [0.05, 0.1) is 5.69 Å². The quantitative estimate of drug-likeness (QED) is 0.921. The summed E-state index contributed by atoms with van der Waals surface area (Å²) >= 11 is 0. The van der Waals surface area contributed by atoms with Gasteiger partial charge in [-0.05, 0) is 32.0 Å². The van der Waals surface area contributed by atoms with Crippen LogP contribution in [0.1, 0.15) is 24.4 Å². The molecule has 2 rings (SSSR count). The zero-order chi connectivity index (χ0) is 14.0. The maximum absolute atomic E-state index is 13.2. The normalized spacial score (nSPS) is 12.2. The molecule has 1 heterocycles. The van der Waals surface area contributed by atoms with E-state index in [1.54, 1.807) is 25.1 Å². The van der Waals surface area contributed by atoms with Crippen molar-refractivity contribution in [3.8, 4) is 11.3 Å². The number of carboxylic acids is 1. The molecule has 0 radical (unpaired) electrons. The first-order valence-corrected chi connectivity index (χ1v) is 5.81. The Bertz CT molecular complexity index is 629. The van der Waals surface area contributed by atoms with Gasteiger partial charge < -0.3 is 5.11 Å². The van der Waals surface area contributed by atoms with Crippen LogP contribution in [0.3, 0.4) is 0 Å². The Kier molecular flexibility index (Phi) is 3.55. The molecule has 0 aliphatic rings. The van der Waals surface area contributed by atoms with Crippen LogP contribution < -0.4 is 0 Å². The number of rotatable bonds is 3. The number of hydrogen-bond acceptors (Lipinski definition) is 3. The summed E-state index contributed by atoms with van der Waals surface area (Å²) in [6, 6.07) is 7.71. The van der Waals surface area contributed by atoms with Gasteiger partial charge in [-0.2, -0.15) is 0 Å². The van der Waals surface area contributed by atoms with Crippen molar-refractivity contribution in [3.05, 3.63) is 47.7 Å². The highest BCUT2D eigenvalue weighted by Crippen LogP contribution is 2.21. The van der Waals surface area contributed by atoms with Gasteiger partial charge in [0.1, 0.15) is 17.6 Å². The molecule has 98 valence electrons. The molecule has 0 saturated carbocycles. The van der Waals surface area contributed by atoms with Crippen LogP contribution in [-0.2, 0) is 4.79 Å². The predicted octanol–water partition coefficient (Wildman–Crippen LogP) is 2.78. The molecule has 1 unspecified atom stereocenters. The predicted molar refractivity (Wildman–Crippen MR) is 68.2 cm³/mol. The van der Waals surface area contributed by atoms with Crippen molar-refractivity contribution in [1.29, 1.82) is 0 Å². The van der Waals surface area contributed by atoms with E-state index < -0.39 is 11.9 Å². The standard InChI is InChI=1S/C14H13FN2O2/c1-8-6-12(10-4-3-5-11(15)7-10)17-13(16-8)9(2)14(18)19/h3-7,9H,1-2H3,(H,18,19). The number of nitrogens with zero attached hydrogens (tertiary/aromatic N) is 2. The molecule has 2 aromatic rings. The first kappa shape index (κ1) is 13.1. The third kappa shape index (κ3) is 2.93. The van der Waals surface area contributed by atoms with Gasteiger partial charge in [-0.3, -0.25) is 4.79 Å². The van der Waals surface area contributed by atoms with Crippen molar-refractivity contribution in [2.24, 2.45) is 0 Å². The largest absolute Gasteiger partial charge is 0.481 e. The molecule has 0 spiro atoms. The average molecular weight is 260 g/mol. The zero-order valence-electron chi connectivity index (χ0n) is 10.6. The lowest BCUT2D eigenvalue weighted by molar-refractivity contribution is -0.138. The molecule has 0 saturated heterocycles. The number of aliphatic carboxylic acids is 1. The van der Waals surface area contributed by atoms with E-state index >= 15 is 0 Å². The number of carboxylic acid groups (broad SMARTS) is 1. The van der Waals surface area contributed by atoms with Gasteiger partial charge >= 0.3 is 5.97 Å². The maximum Gasteiger partial charge on any atom is 0.313 e. The summed E-state index contributed by atoms with van der Waals surface area (Å²) in [6.07, 6.45) is 0. The number of benzene rings is 1. The Balaban J connectivity index is 2.50. The van der Waals surface area contributed by atoms with Crippen LogP contribution in [0.5, 0.6) is 0 Å². The molecule has 1 N–H and O–H groups in total. The van der Waals surface area contributed by atoms with Gasteiger partial charge in [-0.25, -0.2) is 14.4 Å². The second kappa shape index (κ2) is 5.14.